The van der Waals surface area contributed by atoms with E-state index < -0.39 is 23.8 Å². The monoisotopic (exact) mass is 467 g/mol. The highest BCUT2D eigenvalue weighted by molar-refractivity contribution is 6.02. The van der Waals surface area contributed by atoms with Crippen molar-refractivity contribution >= 4 is 22.9 Å². The lowest BCUT2D eigenvalue weighted by atomic mass is 9.93. The fraction of sp³-hybridized carbons (Fsp3) is 0.393. The third-order valence-corrected chi connectivity index (χ3v) is 5.46. The zero-order chi connectivity index (χ0) is 25.0. The molecule has 182 valence electrons. The van der Waals surface area contributed by atoms with Crippen molar-refractivity contribution in [1.82, 2.24) is 4.98 Å². The van der Waals surface area contributed by atoms with E-state index in [2.05, 4.69) is 24.9 Å². The normalized spacial score (nSPS) is 14.1. The summed E-state index contributed by atoms with van der Waals surface area (Å²) < 4.78 is 18.8. The first kappa shape index (κ1) is 25.7. The Labute approximate surface area is 200 Å². The van der Waals surface area contributed by atoms with Crippen LogP contribution in [0, 0.1) is 5.82 Å². The van der Waals surface area contributed by atoms with Crippen LogP contribution in [-0.4, -0.2) is 39.0 Å². The molecule has 0 radical (unpaired) electrons. The molecule has 0 saturated heterocycles. The lowest BCUT2D eigenvalue weighted by Crippen LogP contribution is -2.27. The number of carbonyl (C=O) groups excluding carboxylic acids is 1. The third-order valence-electron chi connectivity index (χ3n) is 5.46. The summed E-state index contributed by atoms with van der Waals surface area (Å²) in [5.74, 6) is -0.533. The Balaban J connectivity index is 1.88. The maximum atomic E-state index is 13.6. The van der Waals surface area contributed by atoms with E-state index in [1.807, 2.05) is 12.1 Å². The smallest absolute Gasteiger partial charge is 0.308 e. The van der Waals surface area contributed by atoms with Crippen molar-refractivity contribution in [2.45, 2.75) is 71.2 Å². The Kier molecular flexibility index (Phi) is 7.95. The Morgan fingerprint density at radius 2 is 1.79 bits per heavy atom. The number of aromatic amines is 1. The number of nitrogens with one attached hydrogen (secondary N) is 1. The van der Waals surface area contributed by atoms with Crippen molar-refractivity contribution < 1.29 is 24.1 Å². The SMILES string of the molecule is CC(C)c1cccc2[nH]c(/C=C/[C@@H](O)C[C@H](O)CC(=O)OC(C)(C)C)c(-c3ccc(F)cc3)c12. The van der Waals surface area contributed by atoms with E-state index in [0.29, 0.717) is 0 Å². The fourth-order valence-corrected chi connectivity index (χ4v) is 4.04. The number of fused-ring (bicyclic) bond motifs is 1. The molecule has 0 unspecified atom stereocenters. The van der Waals surface area contributed by atoms with Gasteiger partial charge in [0.15, 0.2) is 0 Å². The summed E-state index contributed by atoms with van der Waals surface area (Å²) in [7, 11) is 0. The number of ether oxygens (including phenoxy) is 1. The molecule has 0 spiro atoms. The maximum Gasteiger partial charge on any atom is 0.308 e. The van der Waals surface area contributed by atoms with Crippen LogP contribution in [0.3, 0.4) is 0 Å². The van der Waals surface area contributed by atoms with E-state index in [-0.39, 0.29) is 24.6 Å². The predicted molar refractivity (Wildman–Crippen MR) is 134 cm³/mol. The van der Waals surface area contributed by atoms with E-state index in [4.69, 9.17) is 4.74 Å². The molecule has 0 amide bonds. The molecule has 3 aromatic rings. The van der Waals surface area contributed by atoms with Crippen molar-refractivity contribution in [3.63, 3.8) is 0 Å². The first-order valence-corrected chi connectivity index (χ1v) is 11.6. The van der Waals surface area contributed by atoms with E-state index >= 15 is 0 Å². The van der Waals surface area contributed by atoms with Crippen LogP contribution in [0.1, 0.15) is 64.6 Å². The number of rotatable bonds is 8. The van der Waals surface area contributed by atoms with Gasteiger partial charge in [0.2, 0.25) is 0 Å². The van der Waals surface area contributed by atoms with Crippen molar-refractivity contribution in [2.75, 3.05) is 0 Å². The van der Waals surface area contributed by atoms with Gasteiger partial charge in [0.05, 0.1) is 18.6 Å². The number of H-pyrrole nitrogens is 1. The summed E-state index contributed by atoms with van der Waals surface area (Å²) in [4.78, 5) is 15.3. The average Bonchev–Trinajstić information content (AvgIpc) is 3.09. The molecular formula is C28H34FNO4. The molecule has 2 atom stereocenters. The van der Waals surface area contributed by atoms with Gasteiger partial charge < -0.3 is 19.9 Å². The molecule has 5 nitrogen and oxygen atoms in total. The number of hydrogen-bond donors (Lipinski definition) is 3. The summed E-state index contributed by atoms with van der Waals surface area (Å²) >= 11 is 0. The second-order valence-electron chi connectivity index (χ2n) is 9.95. The zero-order valence-corrected chi connectivity index (χ0v) is 20.4. The van der Waals surface area contributed by atoms with Crippen LogP contribution >= 0.6 is 0 Å². The van der Waals surface area contributed by atoms with Crippen molar-refractivity contribution in [1.29, 1.82) is 0 Å². The summed E-state index contributed by atoms with van der Waals surface area (Å²) in [5.41, 5.74) is 4.05. The number of benzene rings is 2. The lowest BCUT2D eigenvalue weighted by Gasteiger charge is -2.21. The second-order valence-corrected chi connectivity index (χ2v) is 9.95. The van der Waals surface area contributed by atoms with Crippen molar-refractivity contribution in [3.8, 4) is 11.1 Å². The van der Waals surface area contributed by atoms with E-state index in [1.54, 1.807) is 45.1 Å². The lowest BCUT2D eigenvalue weighted by molar-refractivity contribution is -0.157. The first-order chi connectivity index (χ1) is 15.9. The number of halogens is 1. The highest BCUT2D eigenvalue weighted by Crippen LogP contribution is 2.38. The molecule has 6 heteroatoms. The van der Waals surface area contributed by atoms with Gasteiger partial charge in [-0.25, -0.2) is 4.39 Å². The number of aromatic nitrogens is 1. The van der Waals surface area contributed by atoms with Gasteiger partial charge in [0.25, 0.3) is 0 Å². The Morgan fingerprint density at radius 1 is 1.12 bits per heavy atom. The molecule has 1 heterocycles. The van der Waals surface area contributed by atoms with Gasteiger partial charge in [-0.05, 0) is 62.1 Å². The van der Waals surface area contributed by atoms with Gasteiger partial charge in [-0.15, -0.1) is 0 Å². The van der Waals surface area contributed by atoms with Crippen LogP contribution in [0.5, 0.6) is 0 Å². The van der Waals surface area contributed by atoms with Gasteiger partial charge in [-0.3, -0.25) is 4.79 Å². The molecule has 0 aliphatic carbocycles. The molecule has 0 saturated carbocycles. The van der Waals surface area contributed by atoms with Gasteiger partial charge in [0.1, 0.15) is 11.4 Å². The fourth-order valence-electron chi connectivity index (χ4n) is 4.04. The Hall–Kier alpha value is -2.96. The molecule has 0 aliphatic heterocycles. The van der Waals surface area contributed by atoms with Gasteiger partial charge >= 0.3 is 5.97 Å². The molecule has 0 fully saturated rings. The molecule has 3 N–H and O–H groups in total. The topological polar surface area (TPSA) is 82.5 Å². The zero-order valence-electron chi connectivity index (χ0n) is 20.4. The molecule has 0 bridgehead atoms. The van der Waals surface area contributed by atoms with E-state index in [9.17, 15) is 19.4 Å². The molecule has 2 aromatic carbocycles. The number of carbonyl (C=O) groups is 1. The Bertz CT molecular complexity index is 1160. The van der Waals surface area contributed by atoms with Crippen molar-refractivity contribution in [3.05, 3.63) is 65.6 Å². The summed E-state index contributed by atoms with van der Waals surface area (Å²) in [6.07, 6.45) is 1.18. The second kappa shape index (κ2) is 10.5. The van der Waals surface area contributed by atoms with Crippen LogP contribution in [0.2, 0.25) is 0 Å². The van der Waals surface area contributed by atoms with E-state index in [1.165, 1.54) is 17.7 Å². The van der Waals surface area contributed by atoms with Crippen LogP contribution in [0.15, 0.2) is 48.5 Å². The molecule has 1 aromatic heterocycles. The van der Waals surface area contributed by atoms with Gasteiger partial charge in [0, 0.05) is 28.6 Å². The summed E-state index contributed by atoms with van der Waals surface area (Å²) in [6.45, 7) is 9.54. The van der Waals surface area contributed by atoms with E-state index in [0.717, 1.165) is 27.7 Å². The number of esters is 1. The van der Waals surface area contributed by atoms with Crippen molar-refractivity contribution in [2.24, 2.45) is 0 Å². The molecule has 34 heavy (non-hydrogen) atoms. The van der Waals surface area contributed by atoms with Gasteiger partial charge in [-0.2, -0.15) is 0 Å². The van der Waals surface area contributed by atoms with Crippen LogP contribution in [-0.2, 0) is 9.53 Å². The summed E-state index contributed by atoms with van der Waals surface area (Å²) in [6, 6.07) is 12.4. The van der Waals surface area contributed by atoms with Crippen LogP contribution < -0.4 is 0 Å². The molecule has 0 aliphatic rings. The molecular weight excluding hydrogens is 433 g/mol. The number of aliphatic hydroxyl groups excluding tert-OH is 2. The third kappa shape index (κ3) is 6.55. The van der Waals surface area contributed by atoms with Gasteiger partial charge in [-0.1, -0.05) is 44.2 Å². The first-order valence-electron chi connectivity index (χ1n) is 11.6. The minimum absolute atomic E-state index is 0.000896. The highest BCUT2D eigenvalue weighted by atomic mass is 19.1. The maximum absolute atomic E-state index is 13.6. The minimum Gasteiger partial charge on any atom is -0.460 e. The average molecular weight is 468 g/mol. The number of aliphatic hydroxyl groups is 2. The summed E-state index contributed by atoms with van der Waals surface area (Å²) in [5, 5.41) is 21.8. The Morgan fingerprint density at radius 3 is 2.41 bits per heavy atom. The van der Waals surface area contributed by atoms with Crippen LogP contribution in [0.4, 0.5) is 4.39 Å². The highest BCUT2D eigenvalue weighted by Gasteiger charge is 2.21. The van der Waals surface area contributed by atoms with Crippen LogP contribution in [0.25, 0.3) is 28.1 Å². The minimum atomic E-state index is -1.03. The predicted octanol–water partition coefficient (Wildman–Crippen LogP) is 5.95. The largest absolute Gasteiger partial charge is 0.460 e. The standard InChI is InChI=1S/C28H34FNO4/c1-17(2)22-7-6-8-23-27(22)26(18-9-11-19(29)12-10-18)24(30-23)14-13-20(31)15-21(32)16-25(33)34-28(3,4)5/h6-14,17,20-21,30-32H,15-16H2,1-5H3/b14-13+/t20-,21+/m1/s1. The molecule has 3 rings (SSSR count). The quantitative estimate of drug-likeness (QED) is 0.357. The number of hydrogen-bond acceptors (Lipinski definition) is 4.